The van der Waals surface area contributed by atoms with Crippen LogP contribution in [0.2, 0.25) is 0 Å². The molecule has 0 bridgehead atoms. The van der Waals surface area contributed by atoms with Gasteiger partial charge in [0.2, 0.25) is 0 Å². The van der Waals surface area contributed by atoms with Crippen molar-refractivity contribution in [3.63, 3.8) is 0 Å². The molecule has 2 rings (SSSR count). The standard InChI is InChI=1S/C13H13NO4/c1-14-10-6-4-3-5-8(10)7-9(12(14)15)11(18-2)13(16)17/h3-7,11H,1-2H3,(H,16,17). The van der Waals surface area contributed by atoms with Crippen molar-refractivity contribution in [2.45, 2.75) is 6.10 Å². The number of hydrogen-bond donors (Lipinski definition) is 1. The molecule has 1 N–H and O–H groups in total. The summed E-state index contributed by atoms with van der Waals surface area (Å²) in [5, 5.41) is 9.84. The Balaban J connectivity index is 2.76. The van der Waals surface area contributed by atoms with Crippen molar-refractivity contribution in [2.24, 2.45) is 7.05 Å². The lowest BCUT2D eigenvalue weighted by Gasteiger charge is -2.13. The second kappa shape index (κ2) is 4.62. The number of aliphatic carboxylic acids is 1. The molecule has 18 heavy (non-hydrogen) atoms. The van der Waals surface area contributed by atoms with Crippen LogP contribution in [0.1, 0.15) is 11.7 Å². The minimum Gasteiger partial charge on any atom is -0.479 e. The van der Waals surface area contributed by atoms with E-state index in [4.69, 9.17) is 9.84 Å². The fourth-order valence-electron chi connectivity index (χ4n) is 2.00. The van der Waals surface area contributed by atoms with Gasteiger partial charge in [0.15, 0.2) is 6.10 Å². The number of para-hydroxylation sites is 1. The molecule has 0 spiro atoms. The van der Waals surface area contributed by atoms with Crippen molar-refractivity contribution in [1.82, 2.24) is 4.57 Å². The van der Waals surface area contributed by atoms with Crippen LogP contribution in [0, 0.1) is 0 Å². The highest BCUT2D eigenvalue weighted by molar-refractivity contribution is 5.82. The van der Waals surface area contributed by atoms with Crippen molar-refractivity contribution in [2.75, 3.05) is 7.11 Å². The van der Waals surface area contributed by atoms with Gasteiger partial charge in [-0.1, -0.05) is 18.2 Å². The molecule has 94 valence electrons. The second-order valence-corrected chi connectivity index (χ2v) is 3.98. The van der Waals surface area contributed by atoms with E-state index >= 15 is 0 Å². The molecule has 2 aromatic rings. The Morgan fingerprint density at radius 2 is 2.06 bits per heavy atom. The van der Waals surface area contributed by atoms with E-state index in [1.54, 1.807) is 13.1 Å². The number of rotatable bonds is 3. The maximum Gasteiger partial charge on any atom is 0.337 e. The molecule has 1 aromatic heterocycles. The van der Waals surface area contributed by atoms with Gasteiger partial charge in [-0.2, -0.15) is 0 Å². The SMILES string of the molecule is COC(C(=O)O)c1cc2ccccc2n(C)c1=O. The smallest absolute Gasteiger partial charge is 0.337 e. The van der Waals surface area contributed by atoms with E-state index in [0.29, 0.717) is 0 Å². The van der Waals surface area contributed by atoms with Crippen molar-refractivity contribution in [1.29, 1.82) is 0 Å². The van der Waals surface area contributed by atoms with Gasteiger partial charge in [-0.15, -0.1) is 0 Å². The zero-order valence-corrected chi connectivity index (χ0v) is 10.1. The van der Waals surface area contributed by atoms with E-state index in [1.807, 2.05) is 24.3 Å². The quantitative estimate of drug-likeness (QED) is 0.887. The maximum atomic E-state index is 12.1. The van der Waals surface area contributed by atoms with Gasteiger partial charge in [0.1, 0.15) is 0 Å². The van der Waals surface area contributed by atoms with Gasteiger partial charge in [0.25, 0.3) is 5.56 Å². The number of aryl methyl sites for hydroxylation is 1. The van der Waals surface area contributed by atoms with Crippen LogP contribution in [-0.4, -0.2) is 22.8 Å². The molecule has 1 unspecified atom stereocenters. The molecule has 0 radical (unpaired) electrons. The second-order valence-electron chi connectivity index (χ2n) is 3.98. The number of aromatic nitrogens is 1. The lowest BCUT2D eigenvalue weighted by atomic mass is 10.1. The van der Waals surface area contributed by atoms with Crippen LogP contribution in [0.4, 0.5) is 0 Å². The molecule has 0 aliphatic carbocycles. The summed E-state index contributed by atoms with van der Waals surface area (Å²) < 4.78 is 6.30. The Morgan fingerprint density at radius 1 is 1.39 bits per heavy atom. The minimum absolute atomic E-state index is 0.131. The summed E-state index contributed by atoms with van der Waals surface area (Å²) in [6.07, 6.45) is -1.24. The molecule has 5 heteroatoms. The van der Waals surface area contributed by atoms with Crippen LogP contribution in [0.15, 0.2) is 35.1 Å². The van der Waals surface area contributed by atoms with E-state index in [2.05, 4.69) is 0 Å². The Bertz CT molecular complexity index is 660. The number of ether oxygens (including phenoxy) is 1. The summed E-state index contributed by atoms with van der Waals surface area (Å²) in [7, 11) is 2.89. The van der Waals surface area contributed by atoms with Crippen molar-refractivity contribution in [3.05, 3.63) is 46.2 Å². The highest BCUT2D eigenvalue weighted by atomic mass is 16.5. The molecule has 1 heterocycles. The van der Waals surface area contributed by atoms with Crippen molar-refractivity contribution in [3.8, 4) is 0 Å². The monoisotopic (exact) mass is 247 g/mol. The number of nitrogens with zero attached hydrogens (tertiary/aromatic N) is 1. The normalized spacial score (nSPS) is 12.6. The van der Waals surface area contributed by atoms with Gasteiger partial charge >= 0.3 is 5.97 Å². The molecule has 1 aromatic carbocycles. The number of methoxy groups -OCH3 is 1. The van der Waals surface area contributed by atoms with Crippen molar-refractivity contribution < 1.29 is 14.6 Å². The van der Waals surface area contributed by atoms with Crippen LogP contribution in [0.3, 0.4) is 0 Å². The number of fused-ring (bicyclic) bond motifs is 1. The Morgan fingerprint density at radius 3 is 2.67 bits per heavy atom. The average Bonchev–Trinajstić information content (AvgIpc) is 2.36. The fourth-order valence-corrected chi connectivity index (χ4v) is 2.00. The zero-order chi connectivity index (χ0) is 13.3. The lowest BCUT2D eigenvalue weighted by Crippen LogP contribution is -2.27. The summed E-state index contributed by atoms with van der Waals surface area (Å²) >= 11 is 0. The number of hydrogen-bond acceptors (Lipinski definition) is 3. The molecule has 1 atom stereocenters. The van der Waals surface area contributed by atoms with E-state index in [0.717, 1.165) is 10.9 Å². The maximum absolute atomic E-state index is 12.1. The number of carboxylic acid groups (broad SMARTS) is 1. The van der Waals surface area contributed by atoms with E-state index in [-0.39, 0.29) is 11.1 Å². The average molecular weight is 247 g/mol. The van der Waals surface area contributed by atoms with E-state index < -0.39 is 12.1 Å². The predicted octanol–water partition coefficient (Wildman–Crippen LogP) is 1.31. The largest absolute Gasteiger partial charge is 0.479 e. The topological polar surface area (TPSA) is 68.5 Å². The first kappa shape index (κ1) is 12.3. The Hall–Kier alpha value is -2.14. The summed E-state index contributed by atoms with van der Waals surface area (Å²) in [5.41, 5.74) is 0.528. The number of carbonyl (C=O) groups is 1. The molecule has 0 fully saturated rings. The highest BCUT2D eigenvalue weighted by Crippen LogP contribution is 2.18. The molecule has 0 saturated carbocycles. The first-order valence-electron chi connectivity index (χ1n) is 5.40. The van der Waals surface area contributed by atoms with Gasteiger partial charge in [-0.3, -0.25) is 4.79 Å². The van der Waals surface area contributed by atoms with Gasteiger partial charge in [-0.25, -0.2) is 4.79 Å². The fraction of sp³-hybridized carbons (Fsp3) is 0.231. The van der Waals surface area contributed by atoms with Crippen LogP contribution < -0.4 is 5.56 Å². The molecule has 0 aliphatic rings. The van der Waals surface area contributed by atoms with Gasteiger partial charge in [-0.05, 0) is 17.5 Å². The molecule has 0 aliphatic heterocycles. The zero-order valence-electron chi connectivity index (χ0n) is 10.1. The lowest BCUT2D eigenvalue weighted by molar-refractivity contribution is -0.149. The van der Waals surface area contributed by atoms with Crippen LogP contribution >= 0.6 is 0 Å². The molecule has 0 amide bonds. The Kier molecular flexibility index (Phi) is 3.16. The third kappa shape index (κ3) is 1.89. The van der Waals surface area contributed by atoms with Gasteiger partial charge < -0.3 is 14.4 Å². The van der Waals surface area contributed by atoms with Crippen molar-refractivity contribution >= 4 is 16.9 Å². The number of pyridine rings is 1. The Labute approximate surface area is 103 Å². The first-order chi connectivity index (χ1) is 8.56. The minimum atomic E-state index is -1.24. The van der Waals surface area contributed by atoms with Crippen LogP contribution in [0.25, 0.3) is 10.9 Å². The predicted molar refractivity (Wildman–Crippen MR) is 66.6 cm³/mol. The van der Waals surface area contributed by atoms with E-state index in [9.17, 15) is 9.59 Å². The summed E-state index contributed by atoms with van der Waals surface area (Å²) in [6.45, 7) is 0. The van der Waals surface area contributed by atoms with Gasteiger partial charge in [0, 0.05) is 14.2 Å². The highest BCUT2D eigenvalue weighted by Gasteiger charge is 2.23. The summed E-state index contributed by atoms with van der Waals surface area (Å²) in [6, 6.07) is 8.86. The van der Waals surface area contributed by atoms with Crippen LogP contribution in [0.5, 0.6) is 0 Å². The van der Waals surface area contributed by atoms with E-state index in [1.165, 1.54) is 11.7 Å². The van der Waals surface area contributed by atoms with Crippen LogP contribution in [-0.2, 0) is 16.6 Å². The first-order valence-corrected chi connectivity index (χ1v) is 5.40. The molecule has 5 nitrogen and oxygen atoms in total. The number of carboxylic acids is 1. The summed E-state index contributed by atoms with van der Waals surface area (Å²) in [5.74, 6) is -1.18. The summed E-state index contributed by atoms with van der Waals surface area (Å²) in [4.78, 5) is 23.2. The third-order valence-corrected chi connectivity index (χ3v) is 2.90. The number of benzene rings is 1. The third-order valence-electron chi connectivity index (χ3n) is 2.90. The molecule has 0 saturated heterocycles. The molecular weight excluding hydrogens is 234 g/mol. The van der Waals surface area contributed by atoms with Gasteiger partial charge in [0.05, 0.1) is 11.1 Å². The molecular formula is C13H13NO4.